The number of ether oxygens (including phenoxy) is 1. The Morgan fingerprint density at radius 1 is 1.32 bits per heavy atom. The molecule has 214 valence electrons. The van der Waals surface area contributed by atoms with Gasteiger partial charge in [-0.3, -0.25) is 19.2 Å². The quantitative estimate of drug-likeness (QED) is 0.426. The SMILES string of the molecule is CN(C(=O)[C@H](CC1CC1)NC(=O)C(F)(F)Cl)[C@@H](CC1CC1)C(=O)N1C[C@@]2(C[C@H]1C#N)Oc1ncccc1NC2=O. The number of aromatic nitrogens is 1. The highest BCUT2D eigenvalue weighted by Gasteiger charge is 2.57. The van der Waals surface area contributed by atoms with E-state index in [2.05, 4.69) is 21.7 Å². The summed E-state index contributed by atoms with van der Waals surface area (Å²) in [7, 11) is 1.38. The number of rotatable bonds is 9. The molecular weight excluding hydrogens is 550 g/mol. The van der Waals surface area contributed by atoms with Gasteiger partial charge in [0.1, 0.15) is 23.8 Å². The summed E-state index contributed by atoms with van der Waals surface area (Å²) in [4.78, 5) is 59.1. The molecule has 4 atom stereocenters. The molecule has 14 heteroatoms. The van der Waals surface area contributed by atoms with Gasteiger partial charge in [0.15, 0.2) is 0 Å². The van der Waals surface area contributed by atoms with Gasteiger partial charge in [0.2, 0.25) is 23.3 Å². The summed E-state index contributed by atoms with van der Waals surface area (Å²) in [6, 6.07) is 1.96. The van der Waals surface area contributed by atoms with Gasteiger partial charge in [-0.15, -0.1) is 0 Å². The summed E-state index contributed by atoms with van der Waals surface area (Å²) in [6.07, 6.45) is 5.12. The van der Waals surface area contributed by atoms with E-state index in [1.165, 1.54) is 23.0 Å². The van der Waals surface area contributed by atoms with Crippen molar-refractivity contribution in [2.24, 2.45) is 11.8 Å². The third kappa shape index (κ3) is 5.68. The van der Waals surface area contributed by atoms with Crippen molar-refractivity contribution in [3.05, 3.63) is 18.3 Å². The summed E-state index contributed by atoms with van der Waals surface area (Å²) in [5.41, 5.74) is -1.17. The second kappa shape index (κ2) is 10.5. The Hall–Kier alpha value is -3.53. The van der Waals surface area contributed by atoms with Crippen molar-refractivity contribution < 1.29 is 32.7 Å². The van der Waals surface area contributed by atoms with Gasteiger partial charge >= 0.3 is 11.3 Å². The number of pyridine rings is 1. The highest BCUT2D eigenvalue weighted by atomic mass is 35.5. The van der Waals surface area contributed by atoms with Crippen LogP contribution in [0.3, 0.4) is 0 Å². The third-order valence-corrected chi connectivity index (χ3v) is 8.13. The molecule has 0 radical (unpaired) electrons. The minimum absolute atomic E-state index is 0.0871. The zero-order chi connectivity index (χ0) is 28.8. The van der Waals surface area contributed by atoms with Crippen molar-refractivity contribution in [2.45, 2.75) is 74.1 Å². The molecule has 3 fully saturated rings. The van der Waals surface area contributed by atoms with Crippen LogP contribution in [0.5, 0.6) is 5.88 Å². The molecule has 1 aromatic rings. The van der Waals surface area contributed by atoms with Gasteiger partial charge in [0, 0.05) is 19.7 Å². The Bertz CT molecular complexity index is 1260. The number of fused-ring (bicyclic) bond motifs is 1. The first-order valence-corrected chi connectivity index (χ1v) is 13.6. The van der Waals surface area contributed by atoms with Gasteiger partial charge in [-0.2, -0.15) is 14.0 Å². The molecule has 3 heterocycles. The number of amides is 4. The van der Waals surface area contributed by atoms with Crippen LogP contribution in [0.2, 0.25) is 0 Å². The maximum Gasteiger partial charge on any atom is 0.399 e. The van der Waals surface area contributed by atoms with Gasteiger partial charge in [0.25, 0.3) is 5.91 Å². The highest BCUT2D eigenvalue weighted by molar-refractivity contribution is 6.32. The molecule has 2 saturated carbocycles. The van der Waals surface area contributed by atoms with E-state index in [0.717, 1.165) is 25.7 Å². The molecule has 2 aliphatic heterocycles. The van der Waals surface area contributed by atoms with Crippen molar-refractivity contribution in [1.29, 1.82) is 5.26 Å². The molecule has 1 saturated heterocycles. The van der Waals surface area contributed by atoms with Crippen LogP contribution in [-0.2, 0) is 19.2 Å². The maximum absolute atomic E-state index is 14.0. The normalized spacial score (nSPS) is 25.2. The smallest absolute Gasteiger partial charge is 0.399 e. The number of likely N-dealkylation sites (tertiary alicyclic amines) is 1. The van der Waals surface area contributed by atoms with Crippen LogP contribution in [0.15, 0.2) is 18.3 Å². The number of nitrogens with one attached hydrogen (secondary N) is 2. The predicted octanol–water partition coefficient (Wildman–Crippen LogP) is 2.02. The van der Waals surface area contributed by atoms with E-state index >= 15 is 0 Å². The molecule has 11 nitrogen and oxygen atoms in total. The van der Waals surface area contributed by atoms with Crippen LogP contribution in [0.25, 0.3) is 0 Å². The number of carbonyl (C=O) groups is 4. The summed E-state index contributed by atoms with van der Waals surface area (Å²) >= 11 is 4.88. The molecule has 4 aliphatic rings. The lowest BCUT2D eigenvalue weighted by Crippen LogP contribution is -2.58. The second-order valence-corrected chi connectivity index (χ2v) is 11.5. The summed E-state index contributed by atoms with van der Waals surface area (Å²) in [6.45, 7) is -0.240. The molecule has 5 rings (SSSR count). The number of carbonyl (C=O) groups excluding carboxylic acids is 4. The first-order valence-electron chi connectivity index (χ1n) is 13.2. The molecule has 2 N–H and O–H groups in total. The van der Waals surface area contributed by atoms with Crippen LogP contribution in [0.4, 0.5) is 14.5 Å². The van der Waals surface area contributed by atoms with E-state index in [0.29, 0.717) is 5.69 Å². The minimum Gasteiger partial charge on any atom is -0.457 e. The van der Waals surface area contributed by atoms with E-state index in [1.54, 1.807) is 12.1 Å². The van der Waals surface area contributed by atoms with E-state index in [-0.39, 0.29) is 43.5 Å². The van der Waals surface area contributed by atoms with E-state index in [1.807, 2.05) is 0 Å². The first kappa shape index (κ1) is 28.0. The Morgan fingerprint density at radius 3 is 2.62 bits per heavy atom. The average Bonchev–Trinajstić information content (AvgIpc) is 3.85. The number of halogens is 3. The number of likely N-dealkylation sites (N-methyl/N-ethyl adjacent to an activating group) is 1. The molecule has 0 aromatic carbocycles. The van der Waals surface area contributed by atoms with Crippen LogP contribution in [0.1, 0.15) is 44.9 Å². The van der Waals surface area contributed by atoms with Crippen molar-refractivity contribution in [3.8, 4) is 11.9 Å². The van der Waals surface area contributed by atoms with Gasteiger partial charge in [-0.1, -0.05) is 25.7 Å². The Kier molecular flexibility index (Phi) is 7.33. The lowest BCUT2D eigenvalue weighted by atomic mass is 9.97. The Morgan fingerprint density at radius 2 is 2.00 bits per heavy atom. The topological polar surface area (TPSA) is 145 Å². The Balaban J connectivity index is 1.37. The van der Waals surface area contributed by atoms with Gasteiger partial charge in [-0.05, 0) is 48.4 Å². The molecule has 2 aliphatic carbocycles. The van der Waals surface area contributed by atoms with Gasteiger partial charge in [-0.25, -0.2) is 4.98 Å². The van der Waals surface area contributed by atoms with E-state index < -0.39 is 52.7 Å². The molecule has 40 heavy (non-hydrogen) atoms. The lowest BCUT2D eigenvalue weighted by molar-refractivity contribution is -0.148. The summed E-state index contributed by atoms with van der Waals surface area (Å²) in [5, 5.41) is 10.5. The number of nitriles is 1. The van der Waals surface area contributed by atoms with Crippen LogP contribution in [0, 0.1) is 23.2 Å². The highest BCUT2D eigenvalue weighted by Crippen LogP contribution is 2.41. The predicted molar refractivity (Wildman–Crippen MR) is 136 cm³/mol. The van der Waals surface area contributed by atoms with Crippen LogP contribution < -0.4 is 15.4 Å². The standard InChI is InChI=1S/C26H29ClF2N6O5/c1-34(21(36)18(9-14-4-5-14)33-24(39)26(27,28)29)19(10-15-6-7-15)22(37)35-13-25(11-16(35)12-30)23(38)32-17-3-2-8-31-20(17)40-25/h2-3,8,14-16,18-19H,4-7,9-11,13H2,1H3,(H,32,38)(H,33,39)/t16-,18-,19-,25+/m0/s1. The molecule has 1 spiro atoms. The van der Waals surface area contributed by atoms with Crippen molar-refractivity contribution in [3.63, 3.8) is 0 Å². The number of anilines is 1. The molecule has 0 unspecified atom stereocenters. The number of nitrogens with zero attached hydrogens (tertiary/aromatic N) is 4. The zero-order valence-electron chi connectivity index (χ0n) is 21.7. The molecule has 1 aromatic heterocycles. The van der Waals surface area contributed by atoms with Crippen LogP contribution >= 0.6 is 11.6 Å². The van der Waals surface area contributed by atoms with Crippen LogP contribution in [-0.4, -0.2) is 81.1 Å². The molecule has 0 bridgehead atoms. The fraction of sp³-hybridized carbons (Fsp3) is 0.615. The lowest BCUT2D eigenvalue weighted by Gasteiger charge is -2.35. The molecule has 4 amide bonds. The van der Waals surface area contributed by atoms with Gasteiger partial charge < -0.3 is 25.2 Å². The van der Waals surface area contributed by atoms with E-state index in [4.69, 9.17) is 16.3 Å². The van der Waals surface area contributed by atoms with Crippen molar-refractivity contribution >= 4 is 40.9 Å². The maximum atomic E-state index is 14.0. The summed E-state index contributed by atoms with van der Waals surface area (Å²) < 4.78 is 32.8. The first-order chi connectivity index (χ1) is 18.9. The largest absolute Gasteiger partial charge is 0.457 e. The van der Waals surface area contributed by atoms with Gasteiger partial charge in [0.05, 0.1) is 12.6 Å². The minimum atomic E-state index is -4.19. The fourth-order valence-corrected chi connectivity index (χ4v) is 5.38. The monoisotopic (exact) mass is 578 g/mol. The van der Waals surface area contributed by atoms with Crippen molar-refractivity contribution in [1.82, 2.24) is 20.1 Å². The average molecular weight is 579 g/mol. The number of alkyl halides is 3. The fourth-order valence-electron chi connectivity index (χ4n) is 5.33. The second-order valence-electron chi connectivity index (χ2n) is 11.1. The summed E-state index contributed by atoms with van der Waals surface area (Å²) in [5.74, 6) is -3.14. The molecular formula is C26H29ClF2N6O5. The van der Waals surface area contributed by atoms with E-state index in [9.17, 15) is 33.2 Å². The number of hydrogen-bond donors (Lipinski definition) is 2. The Labute approximate surface area is 234 Å². The third-order valence-electron chi connectivity index (χ3n) is 7.96. The zero-order valence-corrected chi connectivity index (χ0v) is 22.5. The van der Waals surface area contributed by atoms with Crippen molar-refractivity contribution in [2.75, 3.05) is 18.9 Å². The number of hydrogen-bond acceptors (Lipinski definition) is 7.